The Morgan fingerprint density at radius 3 is 2.52 bits per heavy atom. The summed E-state index contributed by atoms with van der Waals surface area (Å²) in [6, 6.07) is 0.434. The number of nitrogens with zero attached hydrogens (tertiary/aromatic N) is 2. The highest BCUT2D eigenvalue weighted by Gasteiger charge is 2.61. The maximum absolute atomic E-state index is 12.8. The fraction of sp³-hybridized carbons (Fsp3) is 0.895. The maximum atomic E-state index is 12.8. The lowest BCUT2D eigenvalue weighted by molar-refractivity contribution is -0.139. The van der Waals surface area contributed by atoms with Crippen molar-refractivity contribution in [3.8, 4) is 0 Å². The zero-order chi connectivity index (χ0) is 18.4. The summed E-state index contributed by atoms with van der Waals surface area (Å²) in [5.74, 6) is 0.0623. The number of carbonyl (C=O) groups excluding carboxylic acids is 2. The van der Waals surface area contributed by atoms with E-state index in [1.165, 1.54) is 0 Å². The Labute approximate surface area is 150 Å². The number of rotatable bonds is 3. The van der Waals surface area contributed by atoms with E-state index >= 15 is 0 Å². The van der Waals surface area contributed by atoms with Gasteiger partial charge in [0.2, 0.25) is 5.91 Å². The zero-order valence-electron chi connectivity index (χ0n) is 16.2. The first kappa shape index (κ1) is 18.5. The van der Waals surface area contributed by atoms with E-state index in [-0.39, 0.29) is 42.1 Å². The van der Waals surface area contributed by atoms with Crippen LogP contribution in [-0.2, 0) is 14.3 Å². The highest BCUT2D eigenvalue weighted by Crippen LogP contribution is 2.54. The van der Waals surface area contributed by atoms with Gasteiger partial charge in [0.05, 0.1) is 6.04 Å². The van der Waals surface area contributed by atoms with Crippen molar-refractivity contribution in [2.24, 2.45) is 5.41 Å². The van der Waals surface area contributed by atoms with Gasteiger partial charge >= 0.3 is 6.09 Å². The largest absolute Gasteiger partial charge is 0.444 e. The van der Waals surface area contributed by atoms with Gasteiger partial charge in [0.15, 0.2) is 0 Å². The van der Waals surface area contributed by atoms with Crippen molar-refractivity contribution in [2.75, 3.05) is 19.8 Å². The van der Waals surface area contributed by atoms with Gasteiger partial charge in [0, 0.05) is 30.7 Å². The van der Waals surface area contributed by atoms with Crippen molar-refractivity contribution in [3.63, 3.8) is 0 Å². The van der Waals surface area contributed by atoms with Crippen LogP contribution in [0.2, 0.25) is 0 Å². The molecule has 1 aliphatic carbocycles. The molecule has 0 N–H and O–H groups in total. The molecule has 2 amide bonds. The molecule has 0 aromatic carbocycles. The van der Waals surface area contributed by atoms with Crippen LogP contribution in [0.4, 0.5) is 4.79 Å². The van der Waals surface area contributed by atoms with Gasteiger partial charge in [-0.2, -0.15) is 0 Å². The van der Waals surface area contributed by atoms with Crippen molar-refractivity contribution in [1.29, 1.82) is 0 Å². The summed E-state index contributed by atoms with van der Waals surface area (Å²) in [6.07, 6.45) is 3.78. The minimum Gasteiger partial charge on any atom is -0.444 e. The lowest BCUT2D eigenvalue weighted by Gasteiger charge is -2.49. The molecule has 2 saturated heterocycles. The SMILES string of the molecule is CCOCC(=O)N1[C@@H]2CN(C(=O)OC(C)(C)C)[C@@H]3CCC[C@H]1[C@]3(C)C2. The molecule has 3 fully saturated rings. The summed E-state index contributed by atoms with van der Waals surface area (Å²) in [4.78, 5) is 29.5. The number of hydrogen-bond acceptors (Lipinski definition) is 4. The number of carbonyl (C=O) groups is 2. The Hall–Kier alpha value is -1.30. The van der Waals surface area contributed by atoms with Gasteiger partial charge in [-0.25, -0.2) is 4.79 Å². The zero-order valence-corrected chi connectivity index (χ0v) is 16.2. The minimum atomic E-state index is -0.507. The molecule has 4 atom stereocenters. The van der Waals surface area contributed by atoms with Crippen molar-refractivity contribution >= 4 is 12.0 Å². The number of likely N-dealkylation sites (tertiary alicyclic amines) is 2. The van der Waals surface area contributed by atoms with Gasteiger partial charge in [-0.15, -0.1) is 0 Å². The molecule has 142 valence electrons. The Bertz CT molecular complexity index is 544. The summed E-state index contributed by atoms with van der Waals surface area (Å²) >= 11 is 0. The molecule has 6 nitrogen and oxygen atoms in total. The molecule has 2 bridgehead atoms. The second-order valence-electron chi connectivity index (χ2n) is 8.90. The van der Waals surface area contributed by atoms with Gasteiger partial charge in [-0.1, -0.05) is 6.92 Å². The molecule has 2 heterocycles. The average molecular weight is 352 g/mol. The minimum absolute atomic E-state index is 0.0417. The monoisotopic (exact) mass is 352 g/mol. The molecule has 0 spiro atoms. The third kappa shape index (κ3) is 3.25. The van der Waals surface area contributed by atoms with Gasteiger partial charge in [0.25, 0.3) is 0 Å². The summed E-state index contributed by atoms with van der Waals surface area (Å²) in [5.41, 5.74) is -0.549. The van der Waals surface area contributed by atoms with E-state index in [1.807, 2.05) is 37.5 Å². The molecule has 25 heavy (non-hydrogen) atoms. The van der Waals surface area contributed by atoms with Crippen LogP contribution in [0.15, 0.2) is 0 Å². The van der Waals surface area contributed by atoms with Crippen LogP contribution in [-0.4, -0.2) is 65.3 Å². The summed E-state index contributed by atoms with van der Waals surface area (Å²) in [5, 5.41) is 0. The van der Waals surface area contributed by atoms with Crippen LogP contribution < -0.4 is 0 Å². The quantitative estimate of drug-likeness (QED) is 0.784. The first-order valence-corrected chi connectivity index (χ1v) is 9.56. The van der Waals surface area contributed by atoms with Gasteiger partial charge in [-0.05, 0) is 53.4 Å². The standard InChI is InChI=1S/C19H32N2O4/c1-6-24-12-16(22)21-13-10-19(5)14(8-7-9-15(19)21)20(11-13)17(23)25-18(2,3)4/h13-15H,6-12H2,1-5H3/t13-,14+,15-,19+/m0/s1. The highest BCUT2D eigenvalue weighted by molar-refractivity contribution is 5.79. The topological polar surface area (TPSA) is 59.1 Å². The normalized spacial score (nSPS) is 34.2. The number of ether oxygens (including phenoxy) is 2. The molecule has 2 aliphatic heterocycles. The van der Waals surface area contributed by atoms with Crippen LogP contribution in [0.3, 0.4) is 0 Å². The first-order valence-electron chi connectivity index (χ1n) is 9.56. The summed E-state index contributed by atoms with van der Waals surface area (Å²) in [6.45, 7) is 11.1. The van der Waals surface area contributed by atoms with E-state index in [0.29, 0.717) is 13.2 Å². The molecule has 6 heteroatoms. The van der Waals surface area contributed by atoms with E-state index in [2.05, 4.69) is 6.92 Å². The summed E-state index contributed by atoms with van der Waals surface area (Å²) < 4.78 is 11.0. The van der Waals surface area contributed by atoms with E-state index < -0.39 is 5.60 Å². The molecule has 1 saturated carbocycles. The molecule has 0 aromatic heterocycles. The maximum Gasteiger partial charge on any atom is 0.410 e. The number of piperidine rings is 1. The fourth-order valence-corrected chi connectivity index (χ4v) is 5.16. The second-order valence-corrected chi connectivity index (χ2v) is 8.90. The summed E-state index contributed by atoms with van der Waals surface area (Å²) in [7, 11) is 0. The molecular weight excluding hydrogens is 320 g/mol. The average Bonchev–Trinajstić information content (AvgIpc) is 2.80. The molecule has 0 radical (unpaired) electrons. The van der Waals surface area contributed by atoms with Crippen LogP contribution in [0, 0.1) is 5.41 Å². The smallest absolute Gasteiger partial charge is 0.410 e. The first-order chi connectivity index (χ1) is 11.7. The Morgan fingerprint density at radius 1 is 1.20 bits per heavy atom. The van der Waals surface area contributed by atoms with Crippen LogP contribution >= 0.6 is 0 Å². The van der Waals surface area contributed by atoms with Crippen molar-refractivity contribution in [2.45, 2.75) is 84.0 Å². The third-order valence-electron chi connectivity index (χ3n) is 6.01. The Kier molecular flexibility index (Phi) is 4.77. The lowest BCUT2D eigenvalue weighted by atomic mass is 9.66. The third-order valence-corrected chi connectivity index (χ3v) is 6.01. The number of hydrogen-bond donors (Lipinski definition) is 0. The van der Waals surface area contributed by atoms with Crippen LogP contribution in [0.25, 0.3) is 0 Å². The predicted molar refractivity (Wildman–Crippen MR) is 94.2 cm³/mol. The van der Waals surface area contributed by atoms with E-state index in [9.17, 15) is 9.59 Å². The molecular formula is C19H32N2O4. The van der Waals surface area contributed by atoms with Gasteiger partial charge in [0.1, 0.15) is 12.2 Å². The van der Waals surface area contributed by atoms with E-state index in [4.69, 9.17) is 9.47 Å². The fourth-order valence-electron chi connectivity index (χ4n) is 5.16. The number of fused-ring (bicyclic) bond motifs is 1. The van der Waals surface area contributed by atoms with Crippen LogP contribution in [0.5, 0.6) is 0 Å². The van der Waals surface area contributed by atoms with Crippen molar-refractivity contribution in [1.82, 2.24) is 9.80 Å². The molecule has 0 aromatic rings. The Balaban J connectivity index is 1.85. The lowest BCUT2D eigenvalue weighted by Crippen LogP contribution is -2.58. The van der Waals surface area contributed by atoms with Crippen molar-refractivity contribution in [3.05, 3.63) is 0 Å². The van der Waals surface area contributed by atoms with Crippen molar-refractivity contribution < 1.29 is 19.1 Å². The van der Waals surface area contributed by atoms with Gasteiger partial charge < -0.3 is 19.3 Å². The number of amides is 2. The predicted octanol–water partition coefficient (Wildman–Crippen LogP) is 2.80. The van der Waals surface area contributed by atoms with Crippen LogP contribution in [0.1, 0.15) is 60.3 Å². The van der Waals surface area contributed by atoms with E-state index in [0.717, 1.165) is 25.7 Å². The highest BCUT2D eigenvalue weighted by atomic mass is 16.6. The molecule has 0 unspecified atom stereocenters. The molecule has 3 rings (SSSR count). The second kappa shape index (κ2) is 6.45. The van der Waals surface area contributed by atoms with Gasteiger partial charge in [-0.3, -0.25) is 4.79 Å². The Morgan fingerprint density at radius 2 is 1.88 bits per heavy atom. The molecule has 3 aliphatic rings. The van der Waals surface area contributed by atoms with E-state index in [1.54, 1.807) is 0 Å².